The molecule has 30 heavy (non-hydrogen) atoms. The second-order valence-corrected chi connectivity index (χ2v) is 7.25. The van der Waals surface area contributed by atoms with Gasteiger partial charge >= 0.3 is 0 Å². The number of rotatable bonds is 4. The lowest BCUT2D eigenvalue weighted by molar-refractivity contribution is 0.265. The second kappa shape index (κ2) is 7.34. The van der Waals surface area contributed by atoms with Crippen LogP contribution in [0.5, 0.6) is 0 Å². The van der Waals surface area contributed by atoms with Crippen LogP contribution in [0.1, 0.15) is 28.9 Å². The van der Waals surface area contributed by atoms with Gasteiger partial charge in [0.25, 0.3) is 5.56 Å². The number of aliphatic hydroxyl groups excluding tert-OH is 1. The average Bonchev–Trinajstić information content (AvgIpc) is 3.14. The first-order valence-corrected chi connectivity index (χ1v) is 9.66. The molecule has 0 fully saturated rings. The number of nitrogens with one attached hydrogen (secondary N) is 2. The summed E-state index contributed by atoms with van der Waals surface area (Å²) in [6, 6.07) is 12.5. The van der Waals surface area contributed by atoms with Gasteiger partial charge in [0.05, 0.1) is 30.1 Å². The fraction of sp³-hybridized carbons (Fsp3) is 0.238. The van der Waals surface area contributed by atoms with Crippen LogP contribution < -0.4 is 10.9 Å². The molecule has 0 radical (unpaired) electrons. The zero-order valence-electron chi connectivity index (χ0n) is 15.9. The van der Waals surface area contributed by atoms with Gasteiger partial charge < -0.3 is 10.4 Å². The Bertz CT molecular complexity index is 1270. The predicted molar refractivity (Wildman–Crippen MR) is 109 cm³/mol. The Morgan fingerprint density at radius 2 is 2.07 bits per heavy atom. The summed E-state index contributed by atoms with van der Waals surface area (Å²) in [5.74, 6) is -0.367. The predicted octanol–water partition coefficient (Wildman–Crippen LogP) is 1.99. The summed E-state index contributed by atoms with van der Waals surface area (Å²) >= 11 is 0. The molecule has 1 aliphatic rings. The first-order chi connectivity index (χ1) is 14.7. The van der Waals surface area contributed by atoms with Crippen molar-refractivity contribution in [3.8, 4) is 0 Å². The topological polar surface area (TPSA) is 109 Å². The standard InChI is InChI=1S/C21H19FN6O2/c22-13-8-14-17-16(9-13)23-10-15(12-4-2-1-3-5-12)18(19(17)26-27-21(14)30)20-24-11-25-28(20)6-7-29/h1-5,8-9,11,15,18,23,29H,6-7,10H2,(H,27,30). The Balaban J connectivity index is 1.82. The summed E-state index contributed by atoms with van der Waals surface area (Å²) in [6.45, 7) is 0.668. The van der Waals surface area contributed by atoms with E-state index in [-0.39, 0.29) is 30.4 Å². The molecule has 5 rings (SSSR count). The molecule has 3 N–H and O–H groups in total. The SMILES string of the molecule is O=c1[nH]nc2c3c(cc(F)cc13)NCC(c1ccccc1)C2c1ncnn1CCO. The van der Waals surface area contributed by atoms with Gasteiger partial charge in [0.15, 0.2) is 0 Å². The van der Waals surface area contributed by atoms with E-state index in [2.05, 4.69) is 25.6 Å². The van der Waals surface area contributed by atoms with Crippen LogP contribution >= 0.6 is 0 Å². The van der Waals surface area contributed by atoms with Crippen LogP contribution in [0.3, 0.4) is 0 Å². The normalized spacial score (nSPS) is 18.2. The van der Waals surface area contributed by atoms with Crippen molar-refractivity contribution in [3.63, 3.8) is 0 Å². The number of benzene rings is 2. The lowest BCUT2D eigenvalue weighted by Gasteiger charge is -2.25. The molecule has 8 nitrogen and oxygen atoms in total. The number of aliphatic hydroxyl groups is 1. The molecule has 2 aromatic heterocycles. The third-order valence-electron chi connectivity index (χ3n) is 5.55. The maximum Gasteiger partial charge on any atom is 0.272 e. The van der Waals surface area contributed by atoms with E-state index in [0.29, 0.717) is 29.1 Å². The third-order valence-corrected chi connectivity index (χ3v) is 5.55. The maximum absolute atomic E-state index is 14.2. The van der Waals surface area contributed by atoms with Crippen LogP contribution in [-0.2, 0) is 6.54 Å². The van der Waals surface area contributed by atoms with E-state index in [4.69, 9.17) is 0 Å². The molecule has 9 heteroatoms. The summed E-state index contributed by atoms with van der Waals surface area (Å²) < 4.78 is 15.9. The minimum absolute atomic E-state index is 0.0897. The van der Waals surface area contributed by atoms with Crippen LogP contribution in [0.25, 0.3) is 10.8 Å². The first kappa shape index (κ1) is 18.4. The molecule has 0 aliphatic carbocycles. The molecular weight excluding hydrogens is 387 g/mol. The molecule has 2 unspecified atom stereocenters. The van der Waals surface area contributed by atoms with Crippen LogP contribution in [-0.4, -0.2) is 43.2 Å². The number of hydrogen-bond donors (Lipinski definition) is 3. The molecule has 2 atom stereocenters. The highest BCUT2D eigenvalue weighted by molar-refractivity contribution is 5.96. The van der Waals surface area contributed by atoms with Gasteiger partial charge in [0.1, 0.15) is 18.0 Å². The number of aromatic nitrogens is 5. The highest BCUT2D eigenvalue weighted by atomic mass is 19.1. The Morgan fingerprint density at radius 1 is 1.23 bits per heavy atom. The number of aromatic amines is 1. The Kier molecular flexibility index (Phi) is 4.51. The fourth-order valence-electron chi connectivity index (χ4n) is 4.28. The quantitative estimate of drug-likeness (QED) is 0.478. The van der Waals surface area contributed by atoms with Crippen molar-refractivity contribution in [2.24, 2.45) is 0 Å². The molecule has 0 amide bonds. The maximum atomic E-state index is 14.2. The number of nitrogens with zero attached hydrogens (tertiary/aromatic N) is 4. The first-order valence-electron chi connectivity index (χ1n) is 9.66. The Hall–Kier alpha value is -3.59. The minimum Gasteiger partial charge on any atom is -0.394 e. The number of hydrogen-bond acceptors (Lipinski definition) is 6. The van der Waals surface area contributed by atoms with Crippen LogP contribution in [0.2, 0.25) is 0 Å². The fourth-order valence-corrected chi connectivity index (χ4v) is 4.28. The van der Waals surface area contributed by atoms with Crippen molar-refractivity contribution in [1.29, 1.82) is 0 Å². The third kappa shape index (κ3) is 2.94. The van der Waals surface area contributed by atoms with E-state index in [1.165, 1.54) is 18.5 Å². The van der Waals surface area contributed by atoms with Crippen molar-refractivity contribution in [2.75, 3.05) is 18.5 Å². The van der Waals surface area contributed by atoms with Crippen LogP contribution in [0, 0.1) is 5.82 Å². The van der Waals surface area contributed by atoms with E-state index >= 15 is 0 Å². The van der Waals surface area contributed by atoms with Crippen molar-refractivity contribution in [1.82, 2.24) is 25.0 Å². The van der Waals surface area contributed by atoms with Crippen LogP contribution in [0.15, 0.2) is 53.6 Å². The summed E-state index contributed by atoms with van der Waals surface area (Å²) in [5, 5.41) is 24.8. The van der Waals surface area contributed by atoms with E-state index in [0.717, 1.165) is 5.56 Å². The summed E-state index contributed by atoms with van der Waals surface area (Å²) in [4.78, 5) is 16.9. The average molecular weight is 406 g/mol. The highest BCUT2D eigenvalue weighted by Gasteiger charge is 2.36. The Labute approximate surface area is 170 Å². The van der Waals surface area contributed by atoms with Crippen LogP contribution in [0.4, 0.5) is 10.1 Å². The van der Waals surface area contributed by atoms with E-state index in [1.54, 1.807) is 4.68 Å². The summed E-state index contributed by atoms with van der Waals surface area (Å²) in [5.41, 5.74) is 1.70. The molecule has 4 aromatic rings. The number of anilines is 1. The second-order valence-electron chi connectivity index (χ2n) is 7.25. The van der Waals surface area contributed by atoms with Gasteiger partial charge in [0, 0.05) is 23.5 Å². The summed E-state index contributed by atoms with van der Waals surface area (Å²) in [6.07, 6.45) is 1.44. The van der Waals surface area contributed by atoms with Crippen molar-refractivity contribution >= 4 is 16.5 Å². The zero-order valence-corrected chi connectivity index (χ0v) is 15.9. The van der Waals surface area contributed by atoms with Crippen molar-refractivity contribution in [2.45, 2.75) is 18.4 Å². The largest absolute Gasteiger partial charge is 0.394 e. The molecule has 0 spiro atoms. The zero-order chi connectivity index (χ0) is 20.7. The summed E-state index contributed by atoms with van der Waals surface area (Å²) in [7, 11) is 0. The Morgan fingerprint density at radius 3 is 2.87 bits per heavy atom. The van der Waals surface area contributed by atoms with E-state index < -0.39 is 11.4 Å². The molecule has 3 heterocycles. The van der Waals surface area contributed by atoms with E-state index in [9.17, 15) is 14.3 Å². The smallest absolute Gasteiger partial charge is 0.272 e. The van der Waals surface area contributed by atoms with Crippen molar-refractivity contribution < 1.29 is 9.50 Å². The monoisotopic (exact) mass is 406 g/mol. The van der Waals surface area contributed by atoms with Gasteiger partial charge in [0.2, 0.25) is 0 Å². The van der Waals surface area contributed by atoms with Gasteiger partial charge in [-0.2, -0.15) is 10.2 Å². The number of halogens is 1. The van der Waals surface area contributed by atoms with Gasteiger partial charge in [-0.1, -0.05) is 30.3 Å². The minimum atomic E-state index is -0.495. The van der Waals surface area contributed by atoms with E-state index in [1.807, 2.05) is 30.3 Å². The lowest BCUT2D eigenvalue weighted by Crippen LogP contribution is -2.24. The molecule has 0 saturated carbocycles. The lowest BCUT2D eigenvalue weighted by atomic mass is 9.82. The van der Waals surface area contributed by atoms with Gasteiger partial charge in [-0.15, -0.1) is 0 Å². The highest BCUT2D eigenvalue weighted by Crippen LogP contribution is 2.43. The van der Waals surface area contributed by atoms with Gasteiger partial charge in [-0.05, 0) is 17.7 Å². The molecule has 152 valence electrons. The molecular formula is C21H19FN6O2. The van der Waals surface area contributed by atoms with Crippen molar-refractivity contribution in [3.05, 3.63) is 82.0 Å². The molecule has 2 aromatic carbocycles. The molecule has 0 saturated heterocycles. The number of H-pyrrole nitrogens is 1. The van der Waals surface area contributed by atoms with Gasteiger partial charge in [-0.25, -0.2) is 19.2 Å². The molecule has 0 bridgehead atoms. The molecule has 1 aliphatic heterocycles. The van der Waals surface area contributed by atoms with Gasteiger partial charge in [-0.3, -0.25) is 4.79 Å².